The number of phenolic OH excluding ortho intramolecular Hbond substituents is 1. The average Bonchev–Trinajstić information content (AvgIpc) is 2.43. The first kappa shape index (κ1) is 16.8. The Morgan fingerprint density at radius 3 is 2.05 bits per heavy atom. The summed E-state index contributed by atoms with van der Waals surface area (Å²) in [4.78, 5) is 22.8. The van der Waals surface area contributed by atoms with Gasteiger partial charge in [-0.2, -0.15) is 0 Å². The number of phenols is 1. The van der Waals surface area contributed by atoms with Crippen LogP contribution >= 0.6 is 0 Å². The minimum Gasteiger partial charge on any atom is -0.504 e. The maximum atomic E-state index is 11.4. The van der Waals surface area contributed by atoms with E-state index in [9.17, 15) is 24.9 Å². The van der Waals surface area contributed by atoms with Crippen molar-refractivity contribution in [2.24, 2.45) is 5.92 Å². The van der Waals surface area contributed by atoms with Crippen LogP contribution < -0.4 is 4.74 Å². The maximum Gasteiger partial charge on any atom is 0.318 e. The lowest BCUT2D eigenvalue weighted by Gasteiger charge is -2.35. The molecule has 0 spiro atoms. The summed E-state index contributed by atoms with van der Waals surface area (Å²) in [7, 11) is 1.40. The van der Waals surface area contributed by atoms with Crippen molar-refractivity contribution in [2.45, 2.75) is 32.1 Å². The second kappa shape index (κ2) is 6.47. The molecule has 1 rings (SSSR count). The molecule has 116 valence electrons. The molecule has 3 N–H and O–H groups in total. The Bertz CT molecular complexity index is 519. The molecule has 0 atom stereocenters. The predicted molar refractivity (Wildman–Crippen MR) is 75.7 cm³/mol. The van der Waals surface area contributed by atoms with E-state index >= 15 is 0 Å². The lowest BCUT2D eigenvalue weighted by atomic mass is 9.66. The van der Waals surface area contributed by atoms with Crippen LogP contribution in [0.25, 0.3) is 0 Å². The molecule has 0 bridgehead atoms. The molecule has 0 aromatic heterocycles. The van der Waals surface area contributed by atoms with Gasteiger partial charge in [0.25, 0.3) is 0 Å². The fraction of sp³-hybridized carbons (Fsp3) is 0.467. The van der Waals surface area contributed by atoms with E-state index in [-0.39, 0.29) is 11.5 Å². The molecular weight excluding hydrogens is 276 g/mol. The van der Waals surface area contributed by atoms with Crippen LogP contribution in [0.1, 0.15) is 32.3 Å². The van der Waals surface area contributed by atoms with Gasteiger partial charge >= 0.3 is 11.9 Å². The highest BCUT2D eigenvalue weighted by Crippen LogP contribution is 2.42. The van der Waals surface area contributed by atoms with Crippen molar-refractivity contribution in [3.63, 3.8) is 0 Å². The first-order valence-corrected chi connectivity index (χ1v) is 6.67. The number of carboxylic acid groups (broad SMARTS) is 2. The van der Waals surface area contributed by atoms with E-state index in [1.54, 1.807) is 19.9 Å². The summed E-state index contributed by atoms with van der Waals surface area (Å²) in [5.41, 5.74) is -0.623. The maximum absolute atomic E-state index is 11.4. The highest BCUT2D eigenvalue weighted by Gasteiger charge is 2.47. The van der Waals surface area contributed by atoms with Crippen molar-refractivity contribution < 1.29 is 29.6 Å². The van der Waals surface area contributed by atoms with Crippen LogP contribution in [-0.2, 0) is 15.0 Å². The van der Waals surface area contributed by atoms with Crippen LogP contribution in [0.15, 0.2) is 18.2 Å². The van der Waals surface area contributed by atoms with Gasteiger partial charge in [-0.15, -0.1) is 0 Å². The zero-order valence-corrected chi connectivity index (χ0v) is 12.3. The number of hydrogen-bond acceptors (Lipinski definition) is 4. The predicted octanol–water partition coefficient (Wildman–Crippen LogP) is 2.24. The number of benzene rings is 1. The number of ether oxygens (including phenoxy) is 1. The molecule has 0 aliphatic rings. The molecule has 1 aromatic carbocycles. The molecule has 1 aromatic rings. The lowest BCUT2D eigenvalue weighted by Crippen LogP contribution is -2.44. The summed E-state index contributed by atoms with van der Waals surface area (Å²) in [5.74, 6) is -4.25. The van der Waals surface area contributed by atoms with E-state index in [0.29, 0.717) is 18.4 Å². The van der Waals surface area contributed by atoms with Gasteiger partial charge in [-0.25, -0.2) is 0 Å². The number of rotatable bonds is 7. The van der Waals surface area contributed by atoms with Gasteiger partial charge in [0, 0.05) is 5.41 Å². The minimum absolute atomic E-state index is 0.143. The van der Waals surface area contributed by atoms with E-state index in [0.717, 1.165) is 0 Å². The Hall–Kier alpha value is -2.24. The van der Waals surface area contributed by atoms with Crippen LogP contribution in [0.5, 0.6) is 11.5 Å². The monoisotopic (exact) mass is 296 g/mol. The van der Waals surface area contributed by atoms with Crippen molar-refractivity contribution in [2.75, 3.05) is 7.11 Å². The van der Waals surface area contributed by atoms with Gasteiger partial charge in [0.2, 0.25) is 0 Å². The van der Waals surface area contributed by atoms with Crippen LogP contribution in [0.3, 0.4) is 0 Å². The van der Waals surface area contributed by atoms with E-state index in [4.69, 9.17) is 4.74 Å². The zero-order valence-electron chi connectivity index (χ0n) is 12.3. The van der Waals surface area contributed by atoms with Gasteiger partial charge < -0.3 is 20.1 Å². The normalized spacial score (nSPS) is 11.4. The molecule has 0 fully saturated rings. The first-order chi connectivity index (χ1) is 9.83. The van der Waals surface area contributed by atoms with Crippen molar-refractivity contribution in [1.29, 1.82) is 0 Å². The van der Waals surface area contributed by atoms with E-state index in [2.05, 4.69) is 0 Å². The molecule has 0 heterocycles. The van der Waals surface area contributed by atoms with Crippen molar-refractivity contribution in [3.05, 3.63) is 23.8 Å². The standard InChI is InChI=1S/C15H20O6/c1-4-15(5-2,12(13(17)18)14(19)20)9-6-7-11(21-3)10(16)8-9/h6-8,12,16H,4-5H2,1-3H3,(H,17,18)(H,19,20). The highest BCUT2D eigenvalue weighted by molar-refractivity contribution is 5.95. The quantitative estimate of drug-likeness (QED) is 0.667. The summed E-state index contributed by atoms with van der Waals surface area (Å²) >= 11 is 0. The van der Waals surface area contributed by atoms with Crippen molar-refractivity contribution in [1.82, 2.24) is 0 Å². The van der Waals surface area contributed by atoms with Crippen molar-refractivity contribution >= 4 is 11.9 Å². The molecule has 6 nitrogen and oxygen atoms in total. The highest BCUT2D eigenvalue weighted by atomic mass is 16.5. The Kier molecular flexibility index (Phi) is 5.18. The Balaban J connectivity index is 3.49. The number of hydrogen-bond donors (Lipinski definition) is 3. The van der Waals surface area contributed by atoms with E-state index in [1.165, 1.54) is 19.2 Å². The van der Waals surface area contributed by atoms with Crippen LogP contribution in [0.4, 0.5) is 0 Å². The third-order valence-corrected chi connectivity index (χ3v) is 4.06. The van der Waals surface area contributed by atoms with Gasteiger partial charge in [-0.1, -0.05) is 19.9 Å². The molecule has 21 heavy (non-hydrogen) atoms. The molecule has 6 heteroatoms. The summed E-state index contributed by atoms with van der Waals surface area (Å²) in [6.07, 6.45) is 0.636. The van der Waals surface area contributed by atoms with Gasteiger partial charge in [-0.3, -0.25) is 9.59 Å². The zero-order chi connectivity index (χ0) is 16.2. The number of aliphatic carboxylic acids is 2. The fourth-order valence-electron chi connectivity index (χ4n) is 2.81. The molecule has 0 radical (unpaired) electrons. The number of aromatic hydroxyl groups is 1. The summed E-state index contributed by atoms with van der Waals surface area (Å²) in [6, 6.07) is 4.49. The Morgan fingerprint density at radius 2 is 1.71 bits per heavy atom. The van der Waals surface area contributed by atoms with Crippen LogP contribution in [-0.4, -0.2) is 34.4 Å². The Labute approximate surface area is 123 Å². The second-order valence-electron chi connectivity index (χ2n) is 4.86. The third kappa shape index (κ3) is 2.94. The molecular formula is C15H20O6. The second-order valence-corrected chi connectivity index (χ2v) is 4.86. The summed E-state index contributed by atoms with van der Waals surface area (Å²) in [6.45, 7) is 3.48. The van der Waals surface area contributed by atoms with Gasteiger partial charge in [0.1, 0.15) is 0 Å². The molecule has 0 aliphatic carbocycles. The lowest BCUT2D eigenvalue weighted by molar-refractivity contribution is -0.158. The van der Waals surface area contributed by atoms with Gasteiger partial charge in [0.05, 0.1) is 7.11 Å². The third-order valence-electron chi connectivity index (χ3n) is 4.06. The SMILES string of the molecule is CCC(CC)(c1ccc(OC)c(O)c1)C(C(=O)O)C(=O)O. The number of carbonyl (C=O) groups is 2. The number of methoxy groups -OCH3 is 1. The topological polar surface area (TPSA) is 104 Å². The van der Waals surface area contributed by atoms with Gasteiger partial charge in [0.15, 0.2) is 17.4 Å². The minimum atomic E-state index is -1.58. The van der Waals surface area contributed by atoms with Crippen molar-refractivity contribution in [3.8, 4) is 11.5 Å². The van der Waals surface area contributed by atoms with E-state index in [1.807, 2.05) is 0 Å². The smallest absolute Gasteiger partial charge is 0.318 e. The molecule has 0 saturated carbocycles. The average molecular weight is 296 g/mol. The van der Waals surface area contributed by atoms with Gasteiger partial charge in [-0.05, 0) is 30.5 Å². The van der Waals surface area contributed by atoms with E-state index < -0.39 is 23.3 Å². The fourth-order valence-corrected chi connectivity index (χ4v) is 2.81. The summed E-state index contributed by atoms with van der Waals surface area (Å²) in [5, 5.41) is 28.5. The molecule has 0 aliphatic heterocycles. The Morgan fingerprint density at radius 1 is 1.19 bits per heavy atom. The molecule has 0 unspecified atom stereocenters. The first-order valence-electron chi connectivity index (χ1n) is 6.67. The largest absolute Gasteiger partial charge is 0.504 e. The molecule has 0 amide bonds. The molecule has 0 saturated heterocycles. The van der Waals surface area contributed by atoms with Crippen LogP contribution in [0.2, 0.25) is 0 Å². The van der Waals surface area contributed by atoms with Crippen LogP contribution in [0, 0.1) is 5.92 Å². The number of carboxylic acids is 2. The summed E-state index contributed by atoms with van der Waals surface area (Å²) < 4.78 is 4.95.